The molecular formula is C12H15ClN2O2. The minimum Gasteiger partial charge on any atom is -0.471 e. The molecule has 0 bridgehead atoms. The fourth-order valence-electron chi connectivity index (χ4n) is 1.68. The molecular weight excluding hydrogens is 240 g/mol. The maximum absolute atomic E-state index is 11.6. The first-order chi connectivity index (χ1) is 8.29. The van der Waals surface area contributed by atoms with E-state index < -0.39 is 0 Å². The Hall–Kier alpha value is -1.29. The molecule has 1 aliphatic heterocycles. The van der Waals surface area contributed by atoms with Crippen molar-refractivity contribution in [3.8, 4) is 5.88 Å². The summed E-state index contributed by atoms with van der Waals surface area (Å²) in [7, 11) is 0. The van der Waals surface area contributed by atoms with Gasteiger partial charge in [-0.2, -0.15) is 0 Å². The summed E-state index contributed by atoms with van der Waals surface area (Å²) in [5.41, 5.74) is 0. The Balaban J connectivity index is 1.70. The predicted molar refractivity (Wildman–Crippen MR) is 65.2 cm³/mol. The van der Waals surface area contributed by atoms with E-state index in [1.165, 1.54) is 0 Å². The lowest BCUT2D eigenvalue weighted by Gasteiger charge is -2.38. The Morgan fingerprint density at radius 3 is 3.00 bits per heavy atom. The summed E-state index contributed by atoms with van der Waals surface area (Å²) >= 11 is 5.54. The van der Waals surface area contributed by atoms with Crippen LogP contribution in [0.1, 0.15) is 12.8 Å². The first kappa shape index (κ1) is 12.2. The number of alkyl halides is 1. The Morgan fingerprint density at radius 2 is 2.35 bits per heavy atom. The van der Waals surface area contributed by atoms with Crippen LogP contribution in [0.4, 0.5) is 0 Å². The van der Waals surface area contributed by atoms with E-state index in [2.05, 4.69) is 4.98 Å². The van der Waals surface area contributed by atoms with E-state index >= 15 is 0 Å². The highest BCUT2D eigenvalue weighted by molar-refractivity contribution is 6.17. The molecule has 4 nitrogen and oxygen atoms in total. The quantitative estimate of drug-likeness (QED) is 0.751. The largest absolute Gasteiger partial charge is 0.471 e. The summed E-state index contributed by atoms with van der Waals surface area (Å²) in [5.74, 6) is 1.31. The van der Waals surface area contributed by atoms with Crippen LogP contribution < -0.4 is 4.74 Å². The standard InChI is InChI=1S/C12H15ClN2O2/c13-6-3-5-12(16)15-8-10(9-15)17-11-4-1-2-7-14-11/h1-2,4,7,10H,3,5-6,8-9H2. The molecule has 0 saturated carbocycles. The van der Waals surface area contributed by atoms with E-state index in [-0.39, 0.29) is 12.0 Å². The second-order valence-electron chi connectivity index (χ2n) is 4.00. The number of pyridine rings is 1. The van der Waals surface area contributed by atoms with Gasteiger partial charge in [-0.25, -0.2) is 4.98 Å². The molecule has 1 amide bonds. The van der Waals surface area contributed by atoms with Crippen LogP contribution in [0.3, 0.4) is 0 Å². The van der Waals surface area contributed by atoms with Crippen LogP contribution in [-0.4, -0.2) is 40.9 Å². The van der Waals surface area contributed by atoms with E-state index in [0.717, 1.165) is 6.42 Å². The molecule has 0 atom stereocenters. The van der Waals surface area contributed by atoms with Crippen molar-refractivity contribution in [3.63, 3.8) is 0 Å². The fraction of sp³-hybridized carbons (Fsp3) is 0.500. The number of hydrogen-bond donors (Lipinski definition) is 0. The topological polar surface area (TPSA) is 42.4 Å². The molecule has 1 aromatic rings. The van der Waals surface area contributed by atoms with Crippen molar-refractivity contribution in [2.24, 2.45) is 0 Å². The summed E-state index contributed by atoms with van der Waals surface area (Å²) in [6.07, 6.45) is 3.03. The summed E-state index contributed by atoms with van der Waals surface area (Å²) in [5, 5.41) is 0. The Labute approximate surface area is 106 Å². The zero-order valence-electron chi connectivity index (χ0n) is 9.51. The van der Waals surface area contributed by atoms with Gasteiger partial charge in [0.25, 0.3) is 0 Å². The average molecular weight is 255 g/mol. The van der Waals surface area contributed by atoms with Crippen molar-refractivity contribution in [1.82, 2.24) is 9.88 Å². The first-order valence-corrected chi connectivity index (χ1v) is 6.24. The van der Waals surface area contributed by atoms with Gasteiger partial charge in [-0.15, -0.1) is 11.6 Å². The molecule has 1 saturated heterocycles. The Bertz CT molecular complexity index is 366. The van der Waals surface area contributed by atoms with Crippen molar-refractivity contribution in [2.75, 3.05) is 19.0 Å². The predicted octanol–water partition coefficient (Wildman–Crippen LogP) is 1.69. The lowest BCUT2D eigenvalue weighted by Crippen LogP contribution is -2.56. The van der Waals surface area contributed by atoms with Gasteiger partial charge in [-0.05, 0) is 12.5 Å². The van der Waals surface area contributed by atoms with Gasteiger partial charge >= 0.3 is 0 Å². The lowest BCUT2D eigenvalue weighted by molar-refractivity contribution is -0.140. The fourth-order valence-corrected chi connectivity index (χ4v) is 1.81. The molecule has 0 unspecified atom stereocenters. The van der Waals surface area contributed by atoms with Gasteiger partial charge in [0, 0.05) is 24.6 Å². The highest BCUT2D eigenvalue weighted by atomic mass is 35.5. The molecule has 17 heavy (non-hydrogen) atoms. The van der Waals surface area contributed by atoms with E-state index in [1.807, 2.05) is 18.2 Å². The number of halogens is 1. The SMILES string of the molecule is O=C(CCCCl)N1CC(Oc2ccccn2)C1. The second kappa shape index (κ2) is 5.87. The number of carbonyl (C=O) groups excluding carboxylic acids is 1. The normalized spacial score (nSPS) is 15.5. The monoisotopic (exact) mass is 254 g/mol. The van der Waals surface area contributed by atoms with E-state index in [0.29, 0.717) is 31.3 Å². The number of rotatable bonds is 5. The molecule has 2 heterocycles. The Morgan fingerprint density at radius 1 is 1.53 bits per heavy atom. The summed E-state index contributed by atoms with van der Waals surface area (Å²) < 4.78 is 5.60. The molecule has 5 heteroatoms. The zero-order chi connectivity index (χ0) is 12.1. The van der Waals surface area contributed by atoms with Crippen LogP contribution in [0.15, 0.2) is 24.4 Å². The minimum absolute atomic E-state index is 0.0739. The highest BCUT2D eigenvalue weighted by Crippen LogP contribution is 2.16. The van der Waals surface area contributed by atoms with E-state index in [1.54, 1.807) is 11.1 Å². The number of ether oxygens (including phenoxy) is 1. The van der Waals surface area contributed by atoms with Gasteiger partial charge in [-0.1, -0.05) is 6.07 Å². The first-order valence-electron chi connectivity index (χ1n) is 5.71. The van der Waals surface area contributed by atoms with Gasteiger partial charge in [0.1, 0.15) is 6.10 Å². The maximum Gasteiger partial charge on any atom is 0.222 e. The van der Waals surface area contributed by atoms with Gasteiger partial charge in [-0.3, -0.25) is 4.79 Å². The second-order valence-corrected chi connectivity index (χ2v) is 4.38. The van der Waals surface area contributed by atoms with Gasteiger partial charge in [0.15, 0.2) is 0 Å². The van der Waals surface area contributed by atoms with Gasteiger partial charge < -0.3 is 9.64 Å². The van der Waals surface area contributed by atoms with Crippen molar-refractivity contribution < 1.29 is 9.53 Å². The van der Waals surface area contributed by atoms with Gasteiger partial charge in [0.05, 0.1) is 13.1 Å². The zero-order valence-corrected chi connectivity index (χ0v) is 10.3. The molecule has 1 aromatic heterocycles. The summed E-state index contributed by atoms with van der Waals surface area (Å²) in [6.45, 7) is 1.30. The van der Waals surface area contributed by atoms with Gasteiger partial charge in [0.2, 0.25) is 11.8 Å². The number of aromatic nitrogens is 1. The van der Waals surface area contributed by atoms with Crippen LogP contribution in [0.2, 0.25) is 0 Å². The third-order valence-electron chi connectivity index (χ3n) is 2.65. The minimum atomic E-state index is 0.0739. The van der Waals surface area contributed by atoms with Crippen LogP contribution in [0, 0.1) is 0 Å². The highest BCUT2D eigenvalue weighted by Gasteiger charge is 2.31. The number of hydrogen-bond acceptors (Lipinski definition) is 3. The molecule has 92 valence electrons. The van der Waals surface area contributed by atoms with Crippen molar-refractivity contribution >= 4 is 17.5 Å². The molecule has 1 aliphatic rings. The van der Waals surface area contributed by atoms with Crippen LogP contribution in [0.5, 0.6) is 5.88 Å². The number of nitrogens with zero attached hydrogens (tertiary/aromatic N) is 2. The van der Waals surface area contributed by atoms with Crippen LogP contribution >= 0.6 is 11.6 Å². The summed E-state index contributed by atoms with van der Waals surface area (Å²) in [6, 6.07) is 5.54. The van der Waals surface area contributed by atoms with Crippen molar-refractivity contribution in [3.05, 3.63) is 24.4 Å². The average Bonchev–Trinajstić information content (AvgIpc) is 2.31. The van der Waals surface area contributed by atoms with E-state index in [4.69, 9.17) is 16.3 Å². The lowest BCUT2D eigenvalue weighted by atomic mass is 10.1. The molecule has 2 rings (SSSR count). The van der Waals surface area contributed by atoms with Crippen molar-refractivity contribution in [2.45, 2.75) is 18.9 Å². The summed E-state index contributed by atoms with van der Waals surface area (Å²) in [4.78, 5) is 17.4. The molecule has 0 radical (unpaired) electrons. The van der Waals surface area contributed by atoms with Crippen LogP contribution in [0.25, 0.3) is 0 Å². The molecule has 0 spiro atoms. The smallest absolute Gasteiger partial charge is 0.222 e. The molecule has 0 N–H and O–H groups in total. The molecule has 0 aromatic carbocycles. The number of amides is 1. The van der Waals surface area contributed by atoms with Crippen LogP contribution in [-0.2, 0) is 4.79 Å². The number of likely N-dealkylation sites (tertiary alicyclic amines) is 1. The Kier molecular flexibility index (Phi) is 4.20. The maximum atomic E-state index is 11.6. The molecule has 1 fully saturated rings. The third-order valence-corrected chi connectivity index (χ3v) is 2.92. The molecule has 0 aliphatic carbocycles. The van der Waals surface area contributed by atoms with E-state index in [9.17, 15) is 4.79 Å². The van der Waals surface area contributed by atoms with Crippen molar-refractivity contribution in [1.29, 1.82) is 0 Å². The third kappa shape index (κ3) is 3.33. The number of carbonyl (C=O) groups is 1.